The Hall–Kier alpha value is -2.44. The number of nitrogens with zero attached hydrogens (tertiary/aromatic N) is 3. The van der Waals surface area contributed by atoms with E-state index in [0.29, 0.717) is 30.7 Å². The van der Waals surface area contributed by atoms with Crippen LogP contribution in [0.2, 0.25) is 5.02 Å². The molecule has 6 nitrogen and oxygen atoms in total. The number of rotatable bonds is 5. The van der Waals surface area contributed by atoms with Gasteiger partial charge >= 0.3 is 0 Å². The normalized spacial score (nSPS) is 14.7. The van der Waals surface area contributed by atoms with Gasteiger partial charge < -0.3 is 15.0 Å². The number of morpholine rings is 1. The largest absolute Gasteiger partial charge is 0.378 e. The number of carbonyl (C=O) groups is 1. The summed E-state index contributed by atoms with van der Waals surface area (Å²) in [4.78, 5) is 22.8. The summed E-state index contributed by atoms with van der Waals surface area (Å²) in [5, 5.41) is 3.49. The van der Waals surface area contributed by atoms with Crippen LogP contribution >= 0.6 is 11.6 Å². The molecule has 1 aliphatic rings. The number of ether oxygens (including phenoxy) is 1. The Morgan fingerprint density at radius 2 is 2.00 bits per heavy atom. The Morgan fingerprint density at radius 1 is 1.24 bits per heavy atom. The zero-order chi connectivity index (χ0) is 17.5. The van der Waals surface area contributed by atoms with Crippen LogP contribution in [0.1, 0.15) is 11.3 Å². The van der Waals surface area contributed by atoms with Gasteiger partial charge in [0.1, 0.15) is 0 Å². The highest BCUT2D eigenvalue weighted by Crippen LogP contribution is 2.11. The van der Waals surface area contributed by atoms with Crippen molar-refractivity contribution in [1.82, 2.24) is 15.3 Å². The van der Waals surface area contributed by atoms with Crippen molar-refractivity contribution in [2.75, 3.05) is 31.2 Å². The molecular formula is C18H19ClN4O2. The van der Waals surface area contributed by atoms with Gasteiger partial charge in [0.15, 0.2) is 0 Å². The molecule has 25 heavy (non-hydrogen) atoms. The lowest BCUT2D eigenvalue weighted by atomic mass is 10.2. The van der Waals surface area contributed by atoms with E-state index >= 15 is 0 Å². The lowest BCUT2D eigenvalue weighted by Gasteiger charge is -2.26. The quantitative estimate of drug-likeness (QED) is 0.831. The second kappa shape index (κ2) is 8.60. The summed E-state index contributed by atoms with van der Waals surface area (Å²) in [5.41, 5.74) is 1.68. The molecule has 0 unspecified atom stereocenters. The summed E-state index contributed by atoms with van der Waals surface area (Å²) in [5.74, 6) is 0.494. The number of nitrogens with one attached hydrogen (secondary N) is 1. The first-order valence-electron chi connectivity index (χ1n) is 8.07. The second-order valence-corrected chi connectivity index (χ2v) is 5.99. The van der Waals surface area contributed by atoms with Gasteiger partial charge in [-0.05, 0) is 29.8 Å². The van der Waals surface area contributed by atoms with Gasteiger partial charge in [0.05, 0.1) is 25.5 Å². The van der Waals surface area contributed by atoms with Crippen LogP contribution in [0.15, 0.2) is 42.6 Å². The van der Waals surface area contributed by atoms with E-state index in [1.54, 1.807) is 30.5 Å². The number of hydrogen-bond acceptors (Lipinski definition) is 5. The van der Waals surface area contributed by atoms with Gasteiger partial charge in [-0.25, -0.2) is 9.97 Å². The fourth-order valence-electron chi connectivity index (χ4n) is 2.38. The Kier molecular flexibility index (Phi) is 5.98. The Balaban J connectivity index is 1.54. The van der Waals surface area contributed by atoms with Crippen LogP contribution in [0.25, 0.3) is 6.08 Å². The number of carbonyl (C=O) groups excluding carboxylic acids is 1. The third kappa shape index (κ3) is 5.27. The van der Waals surface area contributed by atoms with Crippen molar-refractivity contribution < 1.29 is 9.53 Å². The summed E-state index contributed by atoms with van der Waals surface area (Å²) in [7, 11) is 0. The lowest BCUT2D eigenvalue weighted by Crippen LogP contribution is -2.37. The molecule has 1 aromatic heterocycles. The molecule has 2 heterocycles. The molecule has 2 aromatic rings. The molecular weight excluding hydrogens is 340 g/mol. The van der Waals surface area contributed by atoms with Crippen LogP contribution in [0.5, 0.6) is 0 Å². The first kappa shape index (κ1) is 17.4. The summed E-state index contributed by atoms with van der Waals surface area (Å²) in [6, 6.07) is 9.07. The van der Waals surface area contributed by atoms with E-state index in [1.807, 2.05) is 12.1 Å². The van der Waals surface area contributed by atoms with Crippen molar-refractivity contribution >= 4 is 29.5 Å². The highest BCUT2D eigenvalue weighted by atomic mass is 35.5. The van der Waals surface area contributed by atoms with E-state index < -0.39 is 0 Å². The summed E-state index contributed by atoms with van der Waals surface area (Å²) < 4.78 is 5.33. The maximum Gasteiger partial charge on any atom is 0.244 e. The van der Waals surface area contributed by atoms with E-state index in [9.17, 15) is 4.79 Å². The second-order valence-electron chi connectivity index (χ2n) is 5.55. The van der Waals surface area contributed by atoms with Crippen molar-refractivity contribution in [2.24, 2.45) is 0 Å². The van der Waals surface area contributed by atoms with Crippen molar-refractivity contribution in [3.8, 4) is 0 Å². The Morgan fingerprint density at radius 3 is 2.76 bits per heavy atom. The molecule has 0 aliphatic carbocycles. The van der Waals surface area contributed by atoms with Gasteiger partial charge in [0.2, 0.25) is 11.9 Å². The molecule has 1 fully saturated rings. The third-order valence-electron chi connectivity index (χ3n) is 3.74. The van der Waals surface area contributed by atoms with Crippen molar-refractivity contribution in [2.45, 2.75) is 6.54 Å². The summed E-state index contributed by atoms with van der Waals surface area (Å²) >= 11 is 5.83. The molecule has 0 spiro atoms. The molecule has 1 aliphatic heterocycles. The topological polar surface area (TPSA) is 67.4 Å². The zero-order valence-corrected chi connectivity index (χ0v) is 14.4. The molecule has 1 aromatic carbocycles. The van der Waals surface area contributed by atoms with Crippen LogP contribution < -0.4 is 10.2 Å². The zero-order valence-electron chi connectivity index (χ0n) is 13.7. The average Bonchev–Trinajstić information content (AvgIpc) is 2.67. The van der Waals surface area contributed by atoms with E-state index in [2.05, 4.69) is 20.2 Å². The number of aromatic nitrogens is 2. The van der Waals surface area contributed by atoms with Crippen molar-refractivity contribution in [1.29, 1.82) is 0 Å². The monoisotopic (exact) mass is 358 g/mol. The van der Waals surface area contributed by atoms with Gasteiger partial charge in [0.25, 0.3) is 0 Å². The molecule has 0 saturated carbocycles. The molecule has 1 saturated heterocycles. The predicted molar refractivity (Wildman–Crippen MR) is 97.4 cm³/mol. The van der Waals surface area contributed by atoms with E-state index in [4.69, 9.17) is 16.3 Å². The van der Waals surface area contributed by atoms with Crippen LogP contribution in [0.4, 0.5) is 5.95 Å². The molecule has 7 heteroatoms. The van der Waals surface area contributed by atoms with Gasteiger partial charge in [-0.2, -0.15) is 0 Å². The number of hydrogen-bond donors (Lipinski definition) is 1. The molecule has 0 radical (unpaired) electrons. The highest BCUT2D eigenvalue weighted by Gasteiger charge is 2.13. The minimum atomic E-state index is -0.179. The number of benzene rings is 1. The van der Waals surface area contributed by atoms with Crippen molar-refractivity contribution in [3.63, 3.8) is 0 Å². The van der Waals surface area contributed by atoms with Gasteiger partial charge in [-0.3, -0.25) is 4.79 Å². The minimum absolute atomic E-state index is 0.179. The van der Waals surface area contributed by atoms with Gasteiger partial charge in [-0.1, -0.05) is 23.7 Å². The first-order valence-corrected chi connectivity index (χ1v) is 8.44. The van der Waals surface area contributed by atoms with Crippen LogP contribution in [-0.4, -0.2) is 42.2 Å². The number of halogens is 1. The minimum Gasteiger partial charge on any atom is -0.378 e. The standard InChI is InChI=1S/C18H19ClN4O2/c19-15-4-1-14(2-5-15)3-6-17(24)21-13-16-7-8-20-18(22-16)23-9-11-25-12-10-23/h1-8H,9-13H2,(H,21,24)/b6-3+. The molecule has 0 bridgehead atoms. The Bertz CT molecular complexity index is 743. The van der Waals surface area contributed by atoms with E-state index in [-0.39, 0.29) is 5.91 Å². The molecule has 3 rings (SSSR count). The van der Waals surface area contributed by atoms with E-state index in [0.717, 1.165) is 24.3 Å². The average molecular weight is 359 g/mol. The predicted octanol–water partition coefficient (Wildman–Crippen LogP) is 2.30. The lowest BCUT2D eigenvalue weighted by molar-refractivity contribution is -0.116. The molecule has 0 atom stereocenters. The summed E-state index contributed by atoms with van der Waals surface area (Å²) in [6.45, 7) is 3.27. The smallest absolute Gasteiger partial charge is 0.244 e. The maximum atomic E-state index is 11.9. The Labute approximate surface area is 151 Å². The number of anilines is 1. The number of amides is 1. The fourth-order valence-corrected chi connectivity index (χ4v) is 2.51. The fraction of sp³-hybridized carbons (Fsp3) is 0.278. The summed E-state index contributed by atoms with van der Waals surface area (Å²) in [6.07, 6.45) is 4.95. The van der Waals surface area contributed by atoms with Crippen molar-refractivity contribution in [3.05, 3.63) is 58.9 Å². The van der Waals surface area contributed by atoms with E-state index in [1.165, 1.54) is 6.08 Å². The van der Waals surface area contributed by atoms with Gasteiger partial charge in [0, 0.05) is 30.4 Å². The van der Waals surface area contributed by atoms with Crippen LogP contribution in [0, 0.1) is 0 Å². The SMILES string of the molecule is O=C(/C=C/c1ccc(Cl)cc1)NCc1ccnc(N2CCOCC2)n1. The maximum absolute atomic E-state index is 11.9. The highest BCUT2D eigenvalue weighted by molar-refractivity contribution is 6.30. The molecule has 1 N–H and O–H groups in total. The van der Waals surface area contributed by atoms with Crippen LogP contribution in [0.3, 0.4) is 0 Å². The van der Waals surface area contributed by atoms with Gasteiger partial charge in [-0.15, -0.1) is 0 Å². The third-order valence-corrected chi connectivity index (χ3v) is 3.99. The molecule has 1 amide bonds. The van der Waals surface area contributed by atoms with Crippen LogP contribution in [-0.2, 0) is 16.1 Å². The first-order chi connectivity index (χ1) is 12.2. The molecule has 130 valence electrons.